The summed E-state index contributed by atoms with van der Waals surface area (Å²) < 4.78 is 4.52. The maximum absolute atomic E-state index is 9.63. The molecule has 0 aliphatic rings. The summed E-state index contributed by atoms with van der Waals surface area (Å²) >= 11 is 0. The van der Waals surface area contributed by atoms with Crippen LogP contribution in [-0.4, -0.2) is 13.1 Å². The van der Waals surface area contributed by atoms with Crippen molar-refractivity contribution in [1.29, 1.82) is 0 Å². The van der Waals surface area contributed by atoms with Crippen molar-refractivity contribution < 1.29 is 9.53 Å². The highest BCUT2D eigenvalue weighted by Crippen LogP contribution is 2.11. The maximum Gasteiger partial charge on any atom is 0.293 e. The molecule has 0 rings (SSSR count). The lowest BCUT2D eigenvalue weighted by atomic mass is 9.99. The quantitative estimate of drug-likeness (QED) is 0.604. The zero-order valence-electron chi connectivity index (χ0n) is 9.60. The number of ether oxygens (including phenoxy) is 1. The molecule has 0 saturated carbocycles. The second-order valence-corrected chi connectivity index (χ2v) is 2.97. The Labute approximate surface area is 77.3 Å². The molecule has 76 valence electrons. The summed E-state index contributed by atoms with van der Waals surface area (Å²) in [5.41, 5.74) is 0.0981. The van der Waals surface area contributed by atoms with E-state index in [1.807, 2.05) is 48.5 Å². The molecular weight excluding hydrogens is 152 g/mol. The first-order valence-electron chi connectivity index (χ1n) is 4.61. The van der Waals surface area contributed by atoms with Crippen molar-refractivity contribution in [1.82, 2.24) is 0 Å². The summed E-state index contributed by atoms with van der Waals surface area (Å²) in [5.74, 6) is 0. The van der Waals surface area contributed by atoms with Crippen LogP contribution in [-0.2, 0) is 9.53 Å². The molecule has 0 heterocycles. The SMILES string of the molecule is CC.CC.CC(C)(C)COC=O. The molecule has 0 aromatic carbocycles. The van der Waals surface area contributed by atoms with Crippen LogP contribution >= 0.6 is 0 Å². The van der Waals surface area contributed by atoms with Gasteiger partial charge < -0.3 is 4.74 Å². The minimum absolute atomic E-state index is 0.0981. The number of rotatable bonds is 2. The third-order valence-corrected chi connectivity index (χ3v) is 0.584. The number of carbonyl (C=O) groups excluding carboxylic acids is 1. The molecule has 0 unspecified atom stereocenters. The molecule has 0 aromatic rings. The van der Waals surface area contributed by atoms with Crippen LogP contribution in [0.5, 0.6) is 0 Å². The van der Waals surface area contributed by atoms with Crippen molar-refractivity contribution in [3.8, 4) is 0 Å². The van der Waals surface area contributed by atoms with Gasteiger partial charge in [0.05, 0.1) is 6.61 Å². The highest BCUT2D eigenvalue weighted by Gasteiger charge is 2.08. The fraction of sp³-hybridized carbons (Fsp3) is 0.900. The molecule has 0 bridgehead atoms. The summed E-state index contributed by atoms with van der Waals surface area (Å²) in [5, 5.41) is 0. The molecule has 0 aliphatic heterocycles. The van der Waals surface area contributed by atoms with Gasteiger partial charge in [-0.15, -0.1) is 0 Å². The van der Waals surface area contributed by atoms with Gasteiger partial charge in [-0.25, -0.2) is 0 Å². The van der Waals surface area contributed by atoms with E-state index in [-0.39, 0.29) is 5.41 Å². The molecule has 0 aliphatic carbocycles. The van der Waals surface area contributed by atoms with Crippen LogP contribution in [0, 0.1) is 5.41 Å². The molecule has 0 spiro atoms. The summed E-state index contributed by atoms with van der Waals surface area (Å²) in [6, 6.07) is 0. The number of carbonyl (C=O) groups is 1. The molecule has 0 N–H and O–H groups in total. The van der Waals surface area contributed by atoms with Gasteiger partial charge in [0.25, 0.3) is 6.47 Å². The minimum atomic E-state index is 0.0981. The molecule has 0 amide bonds. The van der Waals surface area contributed by atoms with E-state index in [2.05, 4.69) is 4.74 Å². The summed E-state index contributed by atoms with van der Waals surface area (Å²) in [6.07, 6.45) is 0. The first kappa shape index (κ1) is 17.5. The van der Waals surface area contributed by atoms with Crippen molar-refractivity contribution in [2.45, 2.75) is 48.5 Å². The molecule has 2 heteroatoms. The number of hydrogen-bond donors (Lipinski definition) is 0. The largest absolute Gasteiger partial charge is 0.467 e. The second-order valence-electron chi connectivity index (χ2n) is 2.97. The normalized spacial score (nSPS) is 8.25. The summed E-state index contributed by atoms with van der Waals surface area (Å²) in [7, 11) is 0. The van der Waals surface area contributed by atoms with Crippen molar-refractivity contribution >= 4 is 6.47 Å². The molecule has 0 saturated heterocycles. The van der Waals surface area contributed by atoms with E-state index in [9.17, 15) is 4.79 Å². The van der Waals surface area contributed by atoms with E-state index >= 15 is 0 Å². The van der Waals surface area contributed by atoms with E-state index in [0.29, 0.717) is 13.1 Å². The zero-order valence-corrected chi connectivity index (χ0v) is 9.60. The molecule has 0 radical (unpaired) electrons. The Morgan fingerprint density at radius 3 is 1.50 bits per heavy atom. The Morgan fingerprint density at radius 2 is 1.42 bits per heavy atom. The maximum atomic E-state index is 9.63. The van der Waals surface area contributed by atoms with Gasteiger partial charge in [0.2, 0.25) is 0 Å². The predicted molar refractivity (Wildman–Crippen MR) is 54.2 cm³/mol. The fourth-order valence-corrected chi connectivity index (χ4v) is 0.284. The topological polar surface area (TPSA) is 26.3 Å². The van der Waals surface area contributed by atoms with E-state index in [1.54, 1.807) is 0 Å². The third kappa shape index (κ3) is 34.0. The van der Waals surface area contributed by atoms with E-state index in [4.69, 9.17) is 0 Å². The zero-order chi connectivity index (χ0) is 10.6. The first-order valence-corrected chi connectivity index (χ1v) is 4.61. The highest BCUT2D eigenvalue weighted by atomic mass is 16.5. The van der Waals surface area contributed by atoms with E-state index in [0.717, 1.165) is 0 Å². The molecular formula is C10H24O2. The predicted octanol–water partition coefficient (Wildman–Crippen LogP) is 3.26. The standard InChI is InChI=1S/C6H12O2.2C2H6/c1-6(2,3)4-8-5-7;2*1-2/h5H,4H2,1-3H3;2*1-2H3. The van der Waals surface area contributed by atoms with Crippen LogP contribution in [0.2, 0.25) is 0 Å². The molecule has 0 atom stereocenters. The van der Waals surface area contributed by atoms with Crippen LogP contribution in [0.1, 0.15) is 48.5 Å². The van der Waals surface area contributed by atoms with Crippen molar-refractivity contribution in [2.75, 3.05) is 6.61 Å². The number of hydrogen-bond acceptors (Lipinski definition) is 2. The van der Waals surface area contributed by atoms with Crippen LogP contribution in [0.3, 0.4) is 0 Å². The Bertz CT molecular complexity index is 72.4. The van der Waals surface area contributed by atoms with Crippen LogP contribution < -0.4 is 0 Å². The molecule has 0 aromatic heterocycles. The average Bonchev–Trinajstić information content (AvgIpc) is 2.07. The third-order valence-electron chi connectivity index (χ3n) is 0.584. The van der Waals surface area contributed by atoms with Crippen LogP contribution in [0.25, 0.3) is 0 Å². The van der Waals surface area contributed by atoms with E-state index in [1.165, 1.54) is 0 Å². The lowest BCUT2D eigenvalue weighted by Gasteiger charge is -2.14. The molecule has 0 fully saturated rings. The van der Waals surface area contributed by atoms with Gasteiger partial charge in [0.15, 0.2) is 0 Å². The average molecular weight is 176 g/mol. The van der Waals surface area contributed by atoms with Crippen molar-refractivity contribution in [3.05, 3.63) is 0 Å². The van der Waals surface area contributed by atoms with Gasteiger partial charge in [0.1, 0.15) is 0 Å². The summed E-state index contributed by atoms with van der Waals surface area (Å²) in [4.78, 5) is 9.63. The van der Waals surface area contributed by atoms with Gasteiger partial charge in [-0.3, -0.25) is 4.79 Å². The van der Waals surface area contributed by atoms with Gasteiger partial charge >= 0.3 is 0 Å². The van der Waals surface area contributed by atoms with Gasteiger partial charge in [-0.1, -0.05) is 48.5 Å². The monoisotopic (exact) mass is 176 g/mol. The first-order chi connectivity index (χ1) is 5.56. The Hall–Kier alpha value is -0.530. The second kappa shape index (κ2) is 13.1. The Balaban J connectivity index is -0.000000175. The minimum Gasteiger partial charge on any atom is -0.467 e. The van der Waals surface area contributed by atoms with Gasteiger partial charge in [0, 0.05) is 0 Å². The van der Waals surface area contributed by atoms with E-state index < -0.39 is 0 Å². The molecule has 2 nitrogen and oxygen atoms in total. The van der Waals surface area contributed by atoms with Crippen LogP contribution in [0.4, 0.5) is 0 Å². The van der Waals surface area contributed by atoms with Crippen molar-refractivity contribution in [3.63, 3.8) is 0 Å². The smallest absolute Gasteiger partial charge is 0.293 e. The van der Waals surface area contributed by atoms with Crippen molar-refractivity contribution in [2.24, 2.45) is 5.41 Å². The molecule has 12 heavy (non-hydrogen) atoms. The Kier molecular flexibility index (Phi) is 19.1. The van der Waals surface area contributed by atoms with Gasteiger partial charge in [-0.05, 0) is 5.41 Å². The highest BCUT2D eigenvalue weighted by molar-refractivity contribution is 5.36. The fourth-order valence-electron chi connectivity index (χ4n) is 0.284. The van der Waals surface area contributed by atoms with Gasteiger partial charge in [-0.2, -0.15) is 0 Å². The lowest BCUT2D eigenvalue weighted by molar-refractivity contribution is -0.131. The summed E-state index contributed by atoms with van der Waals surface area (Å²) in [6.45, 7) is 15.0. The Morgan fingerprint density at radius 1 is 1.08 bits per heavy atom. The lowest BCUT2D eigenvalue weighted by Crippen LogP contribution is -2.13. The van der Waals surface area contributed by atoms with Crippen LogP contribution in [0.15, 0.2) is 0 Å².